The van der Waals surface area contributed by atoms with Crippen molar-refractivity contribution in [3.8, 4) is 0 Å². The van der Waals surface area contributed by atoms with Gasteiger partial charge in [0.1, 0.15) is 13.2 Å². The number of phosphoric acid groups is 1. The van der Waals surface area contributed by atoms with Crippen LogP contribution in [-0.2, 0) is 18.4 Å². The van der Waals surface area contributed by atoms with Crippen LogP contribution in [0.5, 0.6) is 0 Å². The summed E-state index contributed by atoms with van der Waals surface area (Å²) in [5.41, 5.74) is 0. The van der Waals surface area contributed by atoms with E-state index < -0.39 is 26.1 Å². The summed E-state index contributed by atoms with van der Waals surface area (Å²) < 4.78 is 23.4. The van der Waals surface area contributed by atoms with Crippen LogP contribution >= 0.6 is 7.82 Å². The van der Waals surface area contributed by atoms with Gasteiger partial charge in [0.05, 0.1) is 46.0 Å². The van der Waals surface area contributed by atoms with E-state index in [1.807, 2.05) is 63.7 Å². The summed E-state index contributed by atoms with van der Waals surface area (Å²) in [5, 5.41) is 23.5. The Morgan fingerprint density at radius 1 is 0.717 bits per heavy atom. The third-order valence-corrected chi connectivity index (χ3v) is 8.87. The van der Waals surface area contributed by atoms with Crippen molar-refractivity contribution in [2.75, 3.05) is 40.9 Å². The number of phosphoric ester groups is 1. The van der Waals surface area contributed by atoms with Gasteiger partial charge >= 0.3 is 7.82 Å². The first-order valence-corrected chi connectivity index (χ1v) is 21.2. The number of amides is 1. The third-order valence-electron chi connectivity index (χ3n) is 7.88. The van der Waals surface area contributed by atoms with E-state index in [0.717, 1.165) is 44.9 Å². The molecule has 0 saturated carbocycles. The second kappa shape index (κ2) is 33.9. The van der Waals surface area contributed by atoms with Gasteiger partial charge in [0.15, 0.2) is 0 Å². The van der Waals surface area contributed by atoms with Crippen LogP contribution in [0.15, 0.2) is 97.2 Å². The summed E-state index contributed by atoms with van der Waals surface area (Å²) in [6.07, 6.45) is 44.0. The lowest BCUT2D eigenvalue weighted by Crippen LogP contribution is -2.45. The molecule has 0 rings (SSSR count). The van der Waals surface area contributed by atoms with Crippen molar-refractivity contribution in [1.29, 1.82) is 0 Å². The average molecular weight is 762 g/mol. The van der Waals surface area contributed by atoms with Crippen LogP contribution in [0.1, 0.15) is 110 Å². The lowest BCUT2D eigenvalue weighted by Gasteiger charge is -2.25. The molecule has 302 valence electrons. The fourth-order valence-electron chi connectivity index (χ4n) is 4.69. The van der Waals surface area contributed by atoms with Gasteiger partial charge in [-0.05, 0) is 64.2 Å². The Labute approximate surface area is 322 Å². The molecule has 0 spiro atoms. The van der Waals surface area contributed by atoms with Crippen LogP contribution in [0.3, 0.4) is 0 Å². The highest BCUT2D eigenvalue weighted by molar-refractivity contribution is 7.47. The van der Waals surface area contributed by atoms with Crippen LogP contribution in [-0.4, -0.2) is 84.6 Å². The molecule has 1 amide bonds. The molecule has 0 aromatic rings. The van der Waals surface area contributed by atoms with Crippen LogP contribution < -0.4 is 5.32 Å². The molecule has 0 bridgehead atoms. The number of rotatable bonds is 33. The predicted molar refractivity (Wildman–Crippen MR) is 222 cm³/mol. The Balaban J connectivity index is 4.72. The fraction of sp³-hybridized carbons (Fsp3) is 0.605. The maximum atomic E-state index is 12.8. The second-order valence-corrected chi connectivity index (χ2v) is 15.6. The molecule has 9 nitrogen and oxygen atoms in total. The first kappa shape index (κ1) is 50.4. The van der Waals surface area contributed by atoms with Crippen molar-refractivity contribution in [3.63, 3.8) is 0 Å². The molecule has 4 N–H and O–H groups in total. The zero-order chi connectivity index (χ0) is 39.5. The molecule has 0 aliphatic heterocycles. The summed E-state index contributed by atoms with van der Waals surface area (Å²) >= 11 is 0. The largest absolute Gasteiger partial charge is 0.472 e. The van der Waals surface area contributed by atoms with Gasteiger partial charge in [-0.25, -0.2) is 4.57 Å². The van der Waals surface area contributed by atoms with Gasteiger partial charge in [-0.15, -0.1) is 0 Å². The SMILES string of the molecule is CC/C=C\CC(O)/C=C/C=C/C/C=C\C/C=C\C/C=C\CCC(=O)N[C@@H](COP(=O)(O)OCC[N+](C)(C)C)[C@H](O)/C=C/CC/C=C\CCCCCCC. The van der Waals surface area contributed by atoms with Crippen molar-refractivity contribution < 1.29 is 38.0 Å². The average Bonchev–Trinajstić information content (AvgIpc) is 3.10. The van der Waals surface area contributed by atoms with Crippen LogP contribution in [0, 0.1) is 0 Å². The second-order valence-electron chi connectivity index (χ2n) is 14.1. The number of hydrogen-bond donors (Lipinski definition) is 4. The van der Waals surface area contributed by atoms with Gasteiger partial charge in [0, 0.05) is 6.42 Å². The minimum Gasteiger partial charge on any atom is -0.389 e. The quantitative estimate of drug-likeness (QED) is 0.0173. The third kappa shape index (κ3) is 36.1. The lowest BCUT2D eigenvalue weighted by atomic mass is 10.1. The zero-order valence-corrected chi connectivity index (χ0v) is 34.5. The van der Waals surface area contributed by atoms with Crippen molar-refractivity contribution >= 4 is 13.7 Å². The smallest absolute Gasteiger partial charge is 0.389 e. The molecular formula is C43H74N2O7P+. The Bertz CT molecular complexity index is 1200. The summed E-state index contributed by atoms with van der Waals surface area (Å²) in [6.45, 7) is 4.45. The number of hydrogen-bond acceptors (Lipinski definition) is 6. The van der Waals surface area contributed by atoms with Gasteiger partial charge in [-0.2, -0.15) is 0 Å². The van der Waals surface area contributed by atoms with Crippen molar-refractivity contribution in [2.24, 2.45) is 0 Å². The van der Waals surface area contributed by atoms with E-state index in [4.69, 9.17) is 9.05 Å². The maximum Gasteiger partial charge on any atom is 0.472 e. The number of carbonyl (C=O) groups is 1. The first-order chi connectivity index (χ1) is 25.4. The van der Waals surface area contributed by atoms with Crippen molar-refractivity contribution in [1.82, 2.24) is 5.32 Å². The van der Waals surface area contributed by atoms with Crippen molar-refractivity contribution in [2.45, 2.75) is 128 Å². The number of nitrogens with zero attached hydrogens (tertiary/aromatic N) is 1. The predicted octanol–water partition coefficient (Wildman–Crippen LogP) is 9.37. The van der Waals surface area contributed by atoms with E-state index in [0.29, 0.717) is 23.9 Å². The van der Waals surface area contributed by atoms with Gasteiger partial charge in [-0.3, -0.25) is 13.8 Å². The van der Waals surface area contributed by atoms with Gasteiger partial charge < -0.3 is 24.9 Å². The number of quaternary nitrogens is 1. The summed E-state index contributed by atoms with van der Waals surface area (Å²) in [7, 11) is 1.46. The fourth-order valence-corrected chi connectivity index (χ4v) is 5.43. The number of aliphatic hydroxyl groups is 2. The molecule has 2 unspecified atom stereocenters. The molecule has 0 radical (unpaired) electrons. The van der Waals surface area contributed by atoms with E-state index in [2.05, 4.69) is 61.7 Å². The minimum absolute atomic E-state index is 0.0296. The number of carbonyl (C=O) groups excluding carboxylic acids is 1. The molecule has 10 heteroatoms. The zero-order valence-electron chi connectivity index (χ0n) is 33.6. The summed E-state index contributed by atoms with van der Waals surface area (Å²) in [5.74, 6) is -0.290. The summed E-state index contributed by atoms with van der Waals surface area (Å²) in [6, 6.07) is -0.919. The minimum atomic E-state index is -4.37. The maximum absolute atomic E-state index is 12.8. The molecule has 53 heavy (non-hydrogen) atoms. The highest BCUT2D eigenvalue weighted by Gasteiger charge is 2.27. The highest BCUT2D eigenvalue weighted by atomic mass is 31.2. The molecular weight excluding hydrogens is 687 g/mol. The van der Waals surface area contributed by atoms with E-state index in [1.165, 1.54) is 32.1 Å². The number of likely N-dealkylation sites (N-methyl/N-ethyl adjacent to an activating group) is 1. The van der Waals surface area contributed by atoms with Crippen LogP contribution in [0.4, 0.5) is 0 Å². The van der Waals surface area contributed by atoms with Crippen LogP contribution in [0.2, 0.25) is 0 Å². The van der Waals surface area contributed by atoms with Gasteiger partial charge in [0.25, 0.3) is 0 Å². The van der Waals surface area contributed by atoms with E-state index in [1.54, 1.807) is 12.2 Å². The summed E-state index contributed by atoms with van der Waals surface area (Å²) in [4.78, 5) is 23.0. The molecule has 0 aromatic carbocycles. The van der Waals surface area contributed by atoms with Gasteiger partial charge in [0.2, 0.25) is 5.91 Å². The number of aliphatic hydroxyl groups excluding tert-OH is 2. The molecule has 0 heterocycles. The van der Waals surface area contributed by atoms with E-state index in [9.17, 15) is 24.5 Å². The topological polar surface area (TPSA) is 125 Å². The Morgan fingerprint density at radius 2 is 1.34 bits per heavy atom. The molecule has 0 aromatic heterocycles. The van der Waals surface area contributed by atoms with Crippen LogP contribution in [0.25, 0.3) is 0 Å². The highest BCUT2D eigenvalue weighted by Crippen LogP contribution is 2.43. The molecule has 0 aliphatic rings. The number of nitrogens with one attached hydrogen (secondary N) is 1. The van der Waals surface area contributed by atoms with E-state index >= 15 is 0 Å². The van der Waals surface area contributed by atoms with Gasteiger partial charge in [-0.1, -0.05) is 137 Å². The Hall–Kier alpha value is -2.62. The number of unbranched alkanes of at least 4 members (excludes halogenated alkanes) is 6. The first-order valence-electron chi connectivity index (χ1n) is 19.7. The van der Waals surface area contributed by atoms with Crippen molar-refractivity contribution in [3.05, 3.63) is 97.2 Å². The molecule has 0 saturated heterocycles. The Morgan fingerprint density at radius 3 is 2.02 bits per heavy atom. The molecule has 0 fully saturated rings. The molecule has 0 aliphatic carbocycles. The molecule has 4 atom stereocenters. The normalized spacial score (nSPS) is 16.2. The lowest BCUT2D eigenvalue weighted by molar-refractivity contribution is -0.870. The van der Waals surface area contributed by atoms with E-state index in [-0.39, 0.29) is 25.5 Å². The standard InChI is InChI=1S/C43H73N2O7P/c1-6-8-10-11-12-13-17-21-24-27-31-35-42(47)41(39-52-53(49,50)51-38-37-45(3,4)5)44-43(48)36-32-28-25-22-19-16-14-15-18-20-23-26-30-34-40(46)33-29-9-7-2/h9,15-19,21,23,25-26,28-31,34-35,40-42,46-47H,6-8,10-14,20,22,24,27,32-33,36-39H2,1-5H3,(H-,44,48,49,50)/p+1/b18-15-,19-16-,21-17-,26-23+,28-25-,29-9-,34-30+,35-31+/t40?,41-,42+/m0/s1. The monoisotopic (exact) mass is 762 g/mol. The number of allylic oxidation sites excluding steroid dienone is 13. The Kier molecular flexibility index (Phi) is 32.2.